The van der Waals surface area contributed by atoms with E-state index < -0.39 is 23.1 Å². The molecule has 6 heteroatoms. The summed E-state index contributed by atoms with van der Waals surface area (Å²) < 4.78 is 37.5. The molecule has 1 unspecified atom stereocenters. The highest BCUT2D eigenvalue weighted by Gasteiger charge is 2.38. The number of carbonyl (C=O) groups is 1. The summed E-state index contributed by atoms with van der Waals surface area (Å²) in [5, 5.41) is 9.46. The summed E-state index contributed by atoms with van der Waals surface area (Å²) in [7, 11) is 0. The Balaban J connectivity index is 3.01. The topological polar surface area (TPSA) is 63.3 Å². The number of aliphatic carboxylic acids is 1. The largest absolute Gasteiger partial charge is 0.481 e. The van der Waals surface area contributed by atoms with E-state index in [0.29, 0.717) is 12.0 Å². The molecule has 0 aliphatic rings. The fraction of sp³-hybridized carbons (Fsp3) is 0.533. The zero-order valence-electron chi connectivity index (χ0n) is 12.1. The van der Waals surface area contributed by atoms with E-state index in [-0.39, 0.29) is 18.9 Å². The molecule has 1 aromatic carbocycles. The number of carboxylic acid groups (broad SMARTS) is 1. The van der Waals surface area contributed by atoms with Gasteiger partial charge >= 0.3 is 12.1 Å². The normalized spacial score (nSPS) is 15.0. The molecule has 0 amide bonds. The minimum absolute atomic E-state index is 0.0540. The van der Waals surface area contributed by atoms with Crippen LogP contribution >= 0.6 is 0 Å². The molecule has 0 heterocycles. The van der Waals surface area contributed by atoms with Gasteiger partial charge in [0.05, 0.1) is 11.0 Å². The number of nitrogens with two attached hydrogens (primary N) is 1. The smallest absolute Gasteiger partial charge is 0.416 e. The van der Waals surface area contributed by atoms with E-state index >= 15 is 0 Å². The Hall–Kier alpha value is -1.56. The van der Waals surface area contributed by atoms with Crippen molar-refractivity contribution in [3.05, 3.63) is 35.4 Å². The Morgan fingerprint density at radius 1 is 1.24 bits per heavy atom. The van der Waals surface area contributed by atoms with Gasteiger partial charge in [0.15, 0.2) is 0 Å². The van der Waals surface area contributed by atoms with Crippen molar-refractivity contribution < 1.29 is 23.1 Å². The van der Waals surface area contributed by atoms with Crippen molar-refractivity contribution in [2.45, 2.75) is 32.9 Å². The molecule has 118 valence electrons. The highest BCUT2D eigenvalue weighted by molar-refractivity contribution is 5.75. The molecule has 0 aliphatic heterocycles. The summed E-state index contributed by atoms with van der Waals surface area (Å²) in [6.45, 7) is 3.72. The molecule has 1 atom stereocenters. The van der Waals surface area contributed by atoms with E-state index in [9.17, 15) is 23.1 Å². The average Bonchev–Trinajstić information content (AvgIpc) is 2.36. The van der Waals surface area contributed by atoms with Gasteiger partial charge in [0, 0.05) is 6.54 Å². The molecule has 0 saturated carbocycles. The average molecular weight is 303 g/mol. The third kappa shape index (κ3) is 4.46. The maximum atomic E-state index is 12.5. The first-order valence-corrected chi connectivity index (χ1v) is 6.70. The van der Waals surface area contributed by atoms with E-state index in [1.807, 2.05) is 13.8 Å². The molecule has 21 heavy (non-hydrogen) atoms. The first kappa shape index (κ1) is 17.5. The van der Waals surface area contributed by atoms with Gasteiger partial charge in [-0.15, -0.1) is 0 Å². The minimum Gasteiger partial charge on any atom is -0.481 e. The number of hydrogen-bond acceptors (Lipinski definition) is 2. The number of halogens is 3. The lowest BCUT2D eigenvalue weighted by molar-refractivity contribution is -0.149. The number of carboxylic acids is 1. The number of hydrogen-bond donors (Lipinski definition) is 2. The Morgan fingerprint density at radius 2 is 1.76 bits per heavy atom. The number of rotatable bonds is 6. The van der Waals surface area contributed by atoms with E-state index in [2.05, 4.69) is 0 Å². The fourth-order valence-electron chi connectivity index (χ4n) is 2.46. The lowest BCUT2D eigenvalue weighted by Gasteiger charge is -2.30. The zero-order valence-corrected chi connectivity index (χ0v) is 12.1. The molecule has 0 spiro atoms. The van der Waals surface area contributed by atoms with E-state index in [4.69, 9.17) is 5.73 Å². The molecule has 0 bridgehead atoms. The standard InChI is InChI=1S/C15H20F3NO2/c1-10(2)7-14(9-19,13(20)21)8-11-3-5-12(6-4-11)15(16,17)18/h3-6,10H,7-9,19H2,1-2H3,(H,20,21). The molecule has 0 radical (unpaired) electrons. The summed E-state index contributed by atoms with van der Waals surface area (Å²) >= 11 is 0. The molecule has 0 fully saturated rings. The summed E-state index contributed by atoms with van der Waals surface area (Å²) in [6, 6.07) is 4.56. The van der Waals surface area contributed by atoms with Crippen LogP contribution < -0.4 is 5.73 Å². The van der Waals surface area contributed by atoms with Gasteiger partial charge in [0.2, 0.25) is 0 Å². The van der Waals surface area contributed by atoms with Crippen molar-refractivity contribution in [3.63, 3.8) is 0 Å². The lowest BCUT2D eigenvalue weighted by atomic mass is 9.75. The molecule has 1 rings (SSSR count). The van der Waals surface area contributed by atoms with Crippen molar-refractivity contribution in [2.24, 2.45) is 17.1 Å². The van der Waals surface area contributed by atoms with Crippen molar-refractivity contribution in [3.8, 4) is 0 Å². The van der Waals surface area contributed by atoms with Gasteiger partial charge in [-0.25, -0.2) is 0 Å². The number of alkyl halides is 3. The Bertz CT molecular complexity index is 483. The van der Waals surface area contributed by atoms with Crippen LogP contribution in [0.3, 0.4) is 0 Å². The van der Waals surface area contributed by atoms with Gasteiger partial charge in [0.1, 0.15) is 0 Å². The van der Waals surface area contributed by atoms with E-state index in [1.54, 1.807) is 0 Å². The van der Waals surface area contributed by atoms with Crippen LogP contribution in [-0.4, -0.2) is 17.6 Å². The zero-order chi connectivity index (χ0) is 16.3. The molecule has 3 N–H and O–H groups in total. The predicted octanol–water partition coefficient (Wildman–Crippen LogP) is 3.32. The van der Waals surface area contributed by atoms with Crippen LogP contribution in [0.15, 0.2) is 24.3 Å². The maximum Gasteiger partial charge on any atom is 0.416 e. The Labute approximate surface area is 122 Å². The van der Waals surface area contributed by atoms with Crippen LogP contribution in [0.25, 0.3) is 0 Å². The SMILES string of the molecule is CC(C)CC(CN)(Cc1ccc(C(F)(F)F)cc1)C(=O)O. The summed E-state index contributed by atoms with van der Waals surface area (Å²) in [4.78, 5) is 11.6. The van der Waals surface area contributed by atoms with Gasteiger partial charge in [0.25, 0.3) is 0 Å². The van der Waals surface area contributed by atoms with Crippen LogP contribution in [0.1, 0.15) is 31.4 Å². The second-order valence-corrected chi connectivity index (χ2v) is 5.76. The van der Waals surface area contributed by atoms with Crippen LogP contribution in [0.2, 0.25) is 0 Å². The molecule has 0 saturated heterocycles. The second kappa shape index (κ2) is 6.47. The first-order valence-electron chi connectivity index (χ1n) is 6.70. The summed E-state index contributed by atoms with van der Waals surface area (Å²) in [6.07, 6.45) is -3.90. The van der Waals surface area contributed by atoms with Gasteiger partial charge in [-0.3, -0.25) is 4.79 Å². The number of benzene rings is 1. The fourth-order valence-corrected chi connectivity index (χ4v) is 2.46. The molecule has 1 aromatic rings. The quantitative estimate of drug-likeness (QED) is 0.847. The highest BCUT2D eigenvalue weighted by atomic mass is 19.4. The molecular weight excluding hydrogens is 283 g/mol. The highest BCUT2D eigenvalue weighted by Crippen LogP contribution is 2.33. The Morgan fingerprint density at radius 3 is 2.10 bits per heavy atom. The molecule has 0 aliphatic carbocycles. The minimum atomic E-state index is -4.39. The van der Waals surface area contributed by atoms with Gasteiger partial charge in [-0.2, -0.15) is 13.2 Å². The van der Waals surface area contributed by atoms with Crippen LogP contribution in [0.4, 0.5) is 13.2 Å². The second-order valence-electron chi connectivity index (χ2n) is 5.76. The third-order valence-corrected chi connectivity index (χ3v) is 3.47. The van der Waals surface area contributed by atoms with Crippen molar-refractivity contribution >= 4 is 5.97 Å². The summed E-state index contributed by atoms with van der Waals surface area (Å²) in [5.74, 6) is -0.891. The molecular formula is C15H20F3NO2. The third-order valence-electron chi connectivity index (χ3n) is 3.47. The predicted molar refractivity (Wildman–Crippen MR) is 73.7 cm³/mol. The van der Waals surface area contributed by atoms with Gasteiger partial charge in [-0.05, 0) is 36.5 Å². The van der Waals surface area contributed by atoms with Crippen molar-refractivity contribution in [1.29, 1.82) is 0 Å². The van der Waals surface area contributed by atoms with Gasteiger partial charge < -0.3 is 10.8 Å². The molecule has 3 nitrogen and oxygen atoms in total. The maximum absolute atomic E-state index is 12.5. The molecule has 0 aromatic heterocycles. The first-order chi connectivity index (χ1) is 9.60. The van der Waals surface area contributed by atoms with Gasteiger partial charge in [-0.1, -0.05) is 26.0 Å². The van der Waals surface area contributed by atoms with E-state index in [0.717, 1.165) is 12.1 Å². The Kier molecular flexibility index (Phi) is 5.39. The van der Waals surface area contributed by atoms with Crippen molar-refractivity contribution in [2.75, 3.05) is 6.54 Å². The summed E-state index contributed by atoms with van der Waals surface area (Å²) in [5.41, 5.74) is 4.29. The van der Waals surface area contributed by atoms with E-state index in [1.165, 1.54) is 12.1 Å². The van der Waals surface area contributed by atoms with Crippen LogP contribution in [0, 0.1) is 11.3 Å². The van der Waals surface area contributed by atoms with Crippen LogP contribution in [-0.2, 0) is 17.4 Å². The van der Waals surface area contributed by atoms with Crippen LogP contribution in [0.5, 0.6) is 0 Å². The lowest BCUT2D eigenvalue weighted by Crippen LogP contribution is -2.41. The van der Waals surface area contributed by atoms with Crippen molar-refractivity contribution in [1.82, 2.24) is 0 Å². The monoisotopic (exact) mass is 303 g/mol.